The van der Waals surface area contributed by atoms with Gasteiger partial charge in [0.2, 0.25) is 11.8 Å². The lowest BCUT2D eigenvalue weighted by Gasteiger charge is -2.18. The van der Waals surface area contributed by atoms with Crippen molar-refractivity contribution in [3.8, 4) is 0 Å². The molecule has 40 heavy (non-hydrogen) atoms. The minimum Gasteiger partial charge on any atom is -0.456 e. The number of carbonyl (C=O) groups is 4. The Morgan fingerprint density at radius 3 is 2.80 bits per heavy atom. The van der Waals surface area contributed by atoms with Crippen LogP contribution >= 0.6 is 0 Å². The number of hydrogen-bond acceptors (Lipinski definition) is 9. The molecule has 0 aromatic carbocycles. The topological polar surface area (TPSA) is 175 Å². The molecule has 3 amide bonds. The number of esters is 1. The van der Waals surface area contributed by atoms with Crippen molar-refractivity contribution in [3.05, 3.63) is 88.4 Å². The van der Waals surface area contributed by atoms with Crippen LogP contribution in [-0.4, -0.2) is 51.0 Å². The third kappa shape index (κ3) is 7.72. The van der Waals surface area contributed by atoms with Crippen molar-refractivity contribution in [2.45, 2.75) is 39.0 Å². The van der Waals surface area contributed by atoms with E-state index < -0.39 is 29.4 Å². The molecule has 1 saturated heterocycles. The summed E-state index contributed by atoms with van der Waals surface area (Å²) in [6, 6.07) is 8.90. The van der Waals surface area contributed by atoms with Crippen LogP contribution in [0.5, 0.6) is 0 Å². The van der Waals surface area contributed by atoms with Crippen molar-refractivity contribution in [1.29, 1.82) is 0 Å². The Kier molecular flexibility index (Phi) is 9.18. The van der Waals surface area contributed by atoms with Gasteiger partial charge in [-0.05, 0) is 44.0 Å². The Bertz CT molecular complexity index is 1460. The summed E-state index contributed by atoms with van der Waals surface area (Å²) < 4.78 is 11.2. The Balaban J connectivity index is 1.40. The molecule has 0 radical (unpaired) electrons. The second kappa shape index (κ2) is 13.1. The van der Waals surface area contributed by atoms with Gasteiger partial charge in [-0.3, -0.25) is 24.2 Å². The van der Waals surface area contributed by atoms with Gasteiger partial charge in [-0.2, -0.15) is 0 Å². The second-order valence-corrected chi connectivity index (χ2v) is 9.11. The number of pyridine rings is 2. The highest BCUT2D eigenvalue weighted by molar-refractivity contribution is 6.02. The lowest BCUT2D eigenvalue weighted by molar-refractivity contribution is -0.139. The second-order valence-electron chi connectivity index (χ2n) is 9.11. The summed E-state index contributed by atoms with van der Waals surface area (Å²) in [6.45, 7) is 1.78. The van der Waals surface area contributed by atoms with Gasteiger partial charge in [0.05, 0.1) is 5.69 Å². The molecule has 1 fully saturated rings. The van der Waals surface area contributed by atoms with Gasteiger partial charge in [-0.15, -0.1) is 0 Å². The summed E-state index contributed by atoms with van der Waals surface area (Å²) in [7, 11) is 0. The number of aryl methyl sites for hydroxylation is 1. The first kappa shape index (κ1) is 28.0. The van der Waals surface area contributed by atoms with E-state index in [1.165, 1.54) is 36.5 Å². The minimum atomic E-state index is -0.683. The van der Waals surface area contributed by atoms with Crippen molar-refractivity contribution >= 4 is 29.4 Å². The van der Waals surface area contributed by atoms with Gasteiger partial charge in [-0.1, -0.05) is 17.3 Å². The quantitative estimate of drug-likeness (QED) is 0.234. The number of aromatic nitrogens is 3. The van der Waals surface area contributed by atoms with Crippen LogP contribution in [-0.2, 0) is 32.3 Å². The van der Waals surface area contributed by atoms with Crippen LogP contribution in [0.15, 0.2) is 70.3 Å². The van der Waals surface area contributed by atoms with E-state index in [1.54, 1.807) is 31.3 Å². The highest BCUT2D eigenvalue weighted by Gasteiger charge is 2.27. The average Bonchev–Trinajstić information content (AvgIpc) is 3.56. The molecule has 3 N–H and O–H groups in total. The minimum absolute atomic E-state index is 0.00850. The van der Waals surface area contributed by atoms with Crippen LogP contribution in [0.4, 0.5) is 5.69 Å². The fourth-order valence-corrected chi connectivity index (χ4v) is 4.06. The third-order valence-electron chi connectivity index (χ3n) is 6.04. The van der Waals surface area contributed by atoms with Crippen LogP contribution in [0.25, 0.3) is 0 Å². The van der Waals surface area contributed by atoms with E-state index in [2.05, 4.69) is 26.1 Å². The first-order valence-corrected chi connectivity index (χ1v) is 12.5. The number of anilines is 1. The van der Waals surface area contributed by atoms with E-state index >= 15 is 0 Å². The molecular formula is C27H28N6O7. The summed E-state index contributed by atoms with van der Waals surface area (Å²) in [5.41, 5.74) is -0.0619. The fraction of sp³-hybridized carbons (Fsp3) is 0.296. The maximum atomic E-state index is 12.9. The van der Waals surface area contributed by atoms with Gasteiger partial charge < -0.3 is 29.8 Å². The number of rotatable bonds is 11. The highest BCUT2D eigenvalue weighted by atomic mass is 16.5. The number of amides is 3. The largest absolute Gasteiger partial charge is 0.456 e. The van der Waals surface area contributed by atoms with E-state index in [1.807, 2.05) is 0 Å². The molecular weight excluding hydrogens is 520 g/mol. The number of hydrogen-bond donors (Lipinski definition) is 3. The fourth-order valence-electron chi connectivity index (χ4n) is 4.06. The molecule has 3 aromatic rings. The molecule has 0 bridgehead atoms. The molecule has 2 unspecified atom stereocenters. The smallest absolute Gasteiger partial charge is 0.330 e. The molecule has 4 heterocycles. The lowest BCUT2D eigenvalue weighted by atomic mass is 9.98. The van der Waals surface area contributed by atoms with Crippen molar-refractivity contribution < 1.29 is 28.4 Å². The summed E-state index contributed by atoms with van der Waals surface area (Å²) in [5, 5.41) is 11.6. The van der Waals surface area contributed by atoms with E-state index in [-0.39, 0.29) is 42.8 Å². The molecule has 208 valence electrons. The number of carbonyl (C=O) groups excluding carboxylic acids is 4. The zero-order chi connectivity index (χ0) is 28.5. The van der Waals surface area contributed by atoms with E-state index in [0.29, 0.717) is 24.4 Å². The van der Waals surface area contributed by atoms with Crippen LogP contribution < -0.4 is 21.5 Å². The standard InChI is InChI=1S/C27H28N6O7/c1-17-13-22(32-40-17)26(37)31-21-6-4-12-33(27(21)38)15-23(34)30-19(14-18-9-11-29-25(18)36)7-8-24(35)39-16-20-5-2-3-10-28-20/h2-8,10,12-13,18-19H,9,11,14-16H2,1H3,(H,29,36)(H,30,34)(H,31,37)/b8-7+. The third-order valence-corrected chi connectivity index (χ3v) is 6.04. The number of nitrogens with one attached hydrogen (secondary N) is 3. The molecule has 2 atom stereocenters. The summed E-state index contributed by atoms with van der Waals surface area (Å²) in [4.78, 5) is 66.6. The normalized spacial score (nSPS) is 15.4. The predicted octanol–water partition coefficient (Wildman–Crippen LogP) is 1.10. The highest BCUT2D eigenvalue weighted by Crippen LogP contribution is 2.17. The van der Waals surface area contributed by atoms with Crippen LogP contribution in [0, 0.1) is 12.8 Å². The molecule has 1 aliphatic rings. The van der Waals surface area contributed by atoms with Gasteiger partial charge in [0.1, 0.15) is 24.6 Å². The van der Waals surface area contributed by atoms with E-state index in [4.69, 9.17) is 9.26 Å². The molecule has 0 saturated carbocycles. The van der Waals surface area contributed by atoms with Crippen LogP contribution in [0.2, 0.25) is 0 Å². The van der Waals surface area contributed by atoms with Crippen molar-refractivity contribution in [3.63, 3.8) is 0 Å². The lowest BCUT2D eigenvalue weighted by Crippen LogP contribution is -2.40. The molecule has 13 heteroatoms. The van der Waals surface area contributed by atoms with Crippen LogP contribution in [0.3, 0.4) is 0 Å². The van der Waals surface area contributed by atoms with Gasteiger partial charge in [0.15, 0.2) is 5.69 Å². The zero-order valence-corrected chi connectivity index (χ0v) is 21.7. The molecule has 0 aliphatic carbocycles. The Morgan fingerprint density at radius 2 is 2.10 bits per heavy atom. The van der Waals surface area contributed by atoms with Gasteiger partial charge >= 0.3 is 5.97 Å². The summed E-state index contributed by atoms with van der Waals surface area (Å²) in [5.74, 6) is -1.85. The van der Waals surface area contributed by atoms with Crippen molar-refractivity contribution in [2.75, 3.05) is 11.9 Å². The van der Waals surface area contributed by atoms with Crippen molar-refractivity contribution in [2.24, 2.45) is 5.92 Å². The van der Waals surface area contributed by atoms with E-state index in [9.17, 15) is 24.0 Å². The van der Waals surface area contributed by atoms with Crippen molar-refractivity contribution in [1.82, 2.24) is 25.3 Å². The summed E-state index contributed by atoms with van der Waals surface area (Å²) in [6.07, 6.45) is 6.49. The predicted molar refractivity (Wildman–Crippen MR) is 141 cm³/mol. The maximum Gasteiger partial charge on any atom is 0.330 e. The number of nitrogens with zero attached hydrogens (tertiary/aromatic N) is 3. The Morgan fingerprint density at radius 1 is 1.25 bits per heavy atom. The monoisotopic (exact) mass is 548 g/mol. The molecule has 1 aliphatic heterocycles. The molecule has 3 aromatic heterocycles. The van der Waals surface area contributed by atoms with Gasteiger partial charge in [0, 0.05) is 43.0 Å². The Hall–Kier alpha value is -5.07. The Labute approximate surface area is 228 Å². The van der Waals surface area contributed by atoms with E-state index in [0.717, 1.165) is 4.57 Å². The molecule has 0 spiro atoms. The summed E-state index contributed by atoms with van der Waals surface area (Å²) >= 11 is 0. The maximum absolute atomic E-state index is 12.9. The first-order chi connectivity index (χ1) is 19.3. The van der Waals surface area contributed by atoms with Gasteiger partial charge in [-0.25, -0.2) is 4.79 Å². The van der Waals surface area contributed by atoms with Gasteiger partial charge in [0.25, 0.3) is 11.5 Å². The SMILES string of the molecule is Cc1cc(C(=O)Nc2cccn(CC(=O)NC(/C=C/C(=O)OCc3ccccn3)CC3CCNC3=O)c2=O)no1. The number of ether oxygens (including phenoxy) is 1. The molecule has 13 nitrogen and oxygen atoms in total. The zero-order valence-electron chi connectivity index (χ0n) is 21.7. The van der Waals surface area contributed by atoms with Crippen LogP contribution in [0.1, 0.15) is 34.8 Å². The average molecular weight is 549 g/mol. The first-order valence-electron chi connectivity index (χ1n) is 12.5. The molecule has 4 rings (SSSR count).